The standard InChI is InChI=1S/C63H112O5/c1-4-7-10-13-16-19-22-25-28-30-31-32-34-37-40-43-46-49-52-55-58-66-59-61(68-63(65)57-54-51-48-45-42-39-35-27-24-21-18-15-12-9-6-3)60-67-62(64)56-53-50-47-44-41-38-36-33-29-26-23-20-17-14-11-8-5-2/h8,11,16-17,19-20,25-26,28-29,31-32,61H,4-7,9-10,12-15,18,21-24,27,30,33-60H2,1-3H3/b11-8-,19-16-,20-17-,28-25-,29-26-,32-31-. The van der Waals surface area contributed by atoms with Gasteiger partial charge in [0.1, 0.15) is 6.61 Å². The van der Waals surface area contributed by atoms with E-state index >= 15 is 0 Å². The molecule has 0 N–H and O–H groups in total. The van der Waals surface area contributed by atoms with Gasteiger partial charge in [-0.05, 0) is 89.9 Å². The SMILES string of the molecule is CC/C=C\C/C=C\C/C=C\CCCCCCCCCC(=O)OCC(COCCCCCCCCC/C=C\C/C=C\C/C=C\CCCCC)OC(=O)CCCCCCCCCCCCCCCCC. The molecule has 0 aromatic carbocycles. The Balaban J connectivity index is 4.29. The molecule has 0 spiro atoms. The first kappa shape index (κ1) is 65.3. The molecule has 1 unspecified atom stereocenters. The highest BCUT2D eigenvalue weighted by molar-refractivity contribution is 5.70. The molecule has 0 heterocycles. The molecule has 0 amide bonds. The maximum absolute atomic E-state index is 12.9. The van der Waals surface area contributed by atoms with Crippen LogP contribution in [0.15, 0.2) is 72.9 Å². The summed E-state index contributed by atoms with van der Waals surface area (Å²) in [5.74, 6) is -0.403. The molecule has 0 saturated carbocycles. The summed E-state index contributed by atoms with van der Waals surface area (Å²) in [6, 6.07) is 0. The number of hydrogen-bond acceptors (Lipinski definition) is 5. The van der Waals surface area contributed by atoms with Gasteiger partial charge >= 0.3 is 11.9 Å². The second-order valence-electron chi connectivity index (χ2n) is 19.5. The Bertz CT molecular complexity index is 1210. The van der Waals surface area contributed by atoms with Gasteiger partial charge in [0.15, 0.2) is 6.10 Å². The van der Waals surface area contributed by atoms with Gasteiger partial charge in [0.2, 0.25) is 0 Å². The zero-order valence-corrected chi connectivity index (χ0v) is 45.4. The lowest BCUT2D eigenvalue weighted by Crippen LogP contribution is -2.30. The molecule has 394 valence electrons. The number of unbranched alkanes of at least 4 members (excludes halogenated alkanes) is 31. The molecule has 0 aromatic rings. The van der Waals surface area contributed by atoms with Crippen LogP contribution in [0.4, 0.5) is 0 Å². The van der Waals surface area contributed by atoms with E-state index in [2.05, 4.69) is 93.7 Å². The summed E-state index contributed by atoms with van der Waals surface area (Å²) in [6.45, 7) is 7.70. The maximum Gasteiger partial charge on any atom is 0.306 e. The van der Waals surface area contributed by atoms with Gasteiger partial charge in [0, 0.05) is 19.4 Å². The van der Waals surface area contributed by atoms with Crippen LogP contribution < -0.4 is 0 Å². The third-order valence-corrected chi connectivity index (χ3v) is 12.7. The van der Waals surface area contributed by atoms with E-state index in [1.54, 1.807) is 0 Å². The van der Waals surface area contributed by atoms with Gasteiger partial charge in [-0.2, -0.15) is 0 Å². The van der Waals surface area contributed by atoms with Crippen molar-refractivity contribution in [3.63, 3.8) is 0 Å². The molecule has 5 nitrogen and oxygen atoms in total. The van der Waals surface area contributed by atoms with Crippen LogP contribution in [0.5, 0.6) is 0 Å². The van der Waals surface area contributed by atoms with Crippen molar-refractivity contribution >= 4 is 11.9 Å². The first-order chi connectivity index (χ1) is 33.6. The quantitative estimate of drug-likeness (QED) is 0.0345. The van der Waals surface area contributed by atoms with Crippen LogP contribution in [0.3, 0.4) is 0 Å². The maximum atomic E-state index is 12.9. The number of esters is 2. The fourth-order valence-electron chi connectivity index (χ4n) is 8.36. The minimum Gasteiger partial charge on any atom is -0.462 e. The van der Waals surface area contributed by atoms with Crippen molar-refractivity contribution in [2.24, 2.45) is 0 Å². The Hall–Kier alpha value is -2.66. The van der Waals surface area contributed by atoms with Crippen molar-refractivity contribution in [2.75, 3.05) is 19.8 Å². The number of carbonyl (C=O) groups excluding carboxylic acids is 2. The van der Waals surface area contributed by atoms with E-state index in [4.69, 9.17) is 14.2 Å². The molecule has 0 bridgehead atoms. The van der Waals surface area contributed by atoms with Crippen LogP contribution in [-0.4, -0.2) is 37.9 Å². The van der Waals surface area contributed by atoms with Crippen LogP contribution in [0.25, 0.3) is 0 Å². The van der Waals surface area contributed by atoms with Crippen molar-refractivity contribution in [2.45, 2.75) is 297 Å². The van der Waals surface area contributed by atoms with Crippen LogP contribution in [0.1, 0.15) is 290 Å². The third kappa shape index (κ3) is 55.9. The van der Waals surface area contributed by atoms with E-state index in [0.29, 0.717) is 19.4 Å². The van der Waals surface area contributed by atoms with E-state index in [1.807, 2.05) is 0 Å². The van der Waals surface area contributed by atoms with Crippen LogP contribution in [0.2, 0.25) is 0 Å². The predicted octanol–water partition coefficient (Wildman–Crippen LogP) is 20.2. The number of hydrogen-bond donors (Lipinski definition) is 0. The smallest absolute Gasteiger partial charge is 0.306 e. The van der Waals surface area contributed by atoms with E-state index in [1.165, 1.54) is 173 Å². The van der Waals surface area contributed by atoms with Gasteiger partial charge in [-0.15, -0.1) is 0 Å². The fourth-order valence-corrected chi connectivity index (χ4v) is 8.36. The minimum atomic E-state index is -0.547. The summed E-state index contributed by atoms with van der Waals surface area (Å²) in [4.78, 5) is 25.5. The molecule has 0 radical (unpaired) electrons. The second-order valence-corrected chi connectivity index (χ2v) is 19.5. The lowest BCUT2D eigenvalue weighted by molar-refractivity contribution is -0.163. The Kier molecular flexibility index (Phi) is 56.4. The average molecular weight is 950 g/mol. The van der Waals surface area contributed by atoms with Crippen LogP contribution >= 0.6 is 0 Å². The first-order valence-electron chi connectivity index (χ1n) is 29.5. The van der Waals surface area contributed by atoms with Crippen LogP contribution in [0, 0.1) is 0 Å². The number of ether oxygens (including phenoxy) is 3. The predicted molar refractivity (Wildman–Crippen MR) is 297 cm³/mol. The fraction of sp³-hybridized carbons (Fsp3) is 0.778. The van der Waals surface area contributed by atoms with Gasteiger partial charge < -0.3 is 14.2 Å². The van der Waals surface area contributed by atoms with Crippen molar-refractivity contribution in [1.82, 2.24) is 0 Å². The molecule has 68 heavy (non-hydrogen) atoms. The van der Waals surface area contributed by atoms with Crippen molar-refractivity contribution in [3.8, 4) is 0 Å². The second kappa shape index (κ2) is 58.7. The lowest BCUT2D eigenvalue weighted by atomic mass is 10.0. The Morgan fingerprint density at radius 1 is 0.338 bits per heavy atom. The summed E-state index contributed by atoms with van der Waals surface area (Å²) in [6.07, 6.45) is 76.3. The number of rotatable bonds is 54. The molecule has 0 fully saturated rings. The lowest BCUT2D eigenvalue weighted by Gasteiger charge is -2.18. The van der Waals surface area contributed by atoms with Gasteiger partial charge in [-0.3, -0.25) is 9.59 Å². The van der Waals surface area contributed by atoms with Crippen molar-refractivity contribution in [3.05, 3.63) is 72.9 Å². The highest BCUT2D eigenvalue weighted by Gasteiger charge is 2.17. The molecular weight excluding hydrogens is 837 g/mol. The highest BCUT2D eigenvalue weighted by Crippen LogP contribution is 2.16. The molecule has 5 heteroatoms. The largest absolute Gasteiger partial charge is 0.462 e. The highest BCUT2D eigenvalue weighted by atomic mass is 16.6. The molecule has 0 saturated heterocycles. The van der Waals surface area contributed by atoms with Gasteiger partial charge in [-0.25, -0.2) is 0 Å². The summed E-state index contributed by atoms with van der Waals surface area (Å²) in [7, 11) is 0. The molecule has 0 aromatic heterocycles. The normalized spacial score (nSPS) is 12.7. The zero-order chi connectivity index (χ0) is 49.2. The van der Waals surface area contributed by atoms with E-state index in [0.717, 1.165) is 83.5 Å². The molecule has 0 aliphatic rings. The monoisotopic (exact) mass is 949 g/mol. The number of carbonyl (C=O) groups is 2. The first-order valence-corrected chi connectivity index (χ1v) is 29.5. The number of allylic oxidation sites excluding steroid dienone is 12. The molecule has 0 aliphatic heterocycles. The topological polar surface area (TPSA) is 61.8 Å². The van der Waals surface area contributed by atoms with Gasteiger partial charge in [0.25, 0.3) is 0 Å². The zero-order valence-electron chi connectivity index (χ0n) is 45.4. The molecule has 1 atom stereocenters. The Morgan fingerprint density at radius 2 is 0.662 bits per heavy atom. The van der Waals surface area contributed by atoms with Gasteiger partial charge in [-0.1, -0.05) is 261 Å². The van der Waals surface area contributed by atoms with Crippen molar-refractivity contribution in [1.29, 1.82) is 0 Å². The summed E-state index contributed by atoms with van der Waals surface area (Å²) >= 11 is 0. The summed E-state index contributed by atoms with van der Waals surface area (Å²) in [5.41, 5.74) is 0. The summed E-state index contributed by atoms with van der Waals surface area (Å²) in [5, 5.41) is 0. The molecular formula is C63H112O5. The Labute approximate surface area is 423 Å². The van der Waals surface area contributed by atoms with E-state index in [9.17, 15) is 9.59 Å². The van der Waals surface area contributed by atoms with Gasteiger partial charge in [0.05, 0.1) is 6.61 Å². The Morgan fingerprint density at radius 3 is 1.09 bits per heavy atom. The van der Waals surface area contributed by atoms with Crippen LogP contribution in [-0.2, 0) is 23.8 Å². The minimum absolute atomic E-state index is 0.0766. The summed E-state index contributed by atoms with van der Waals surface area (Å²) < 4.78 is 17.5. The van der Waals surface area contributed by atoms with E-state index < -0.39 is 6.10 Å². The van der Waals surface area contributed by atoms with Crippen molar-refractivity contribution < 1.29 is 23.8 Å². The molecule has 0 rings (SSSR count). The molecule has 0 aliphatic carbocycles. The van der Waals surface area contributed by atoms with E-state index in [-0.39, 0.29) is 25.2 Å². The third-order valence-electron chi connectivity index (χ3n) is 12.7. The average Bonchev–Trinajstić information content (AvgIpc) is 3.34.